The van der Waals surface area contributed by atoms with Gasteiger partial charge in [0.15, 0.2) is 6.29 Å². The molecule has 2 fully saturated rings. The van der Waals surface area contributed by atoms with Crippen LogP contribution in [0.2, 0.25) is 0 Å². The minimum absolute atomic E-state index is 0.0499. The van der Waals surface area contributed by atoms with Crippen molar-refractivity contribution in [3.63, 3.8) is 0 Å². The number of benzene rings is 1. The number of likely N-dealkylation sites (tertiary alicyclic amines) is 1. The van der Waals surface area contributed by atoms with E-state index in [9.17, 15) is 5.11 Å². The maximum Gasteiger partial charge on any atom is 0.158 e. The van der Waals surface area contributed by atoms with Crippen LogP contribution in [-0.2, 0) is 9.47 Å². The quantitative estimate of drug-likeness (QED) is 0.830. The van der Waals surface area contributed by atoms with Crippen molar-refractivity contribution in [3.8, 4) is 5.75 Å². The lowest BCUT2D eigenvalue weighted by molar-refractivity contribution is -0.193. The molecule has 5 nitrogen and oxygen atoms in total. The van der Waals surface area contributed by atoms with Crippen molar-refractivity contribution in [1.29, 1.82) is 0 Å². The molecule has 134 valence electrons. The number of aliphatic hydroxyl groups excluding tert-OH is 1. The number of methoxy groups -OCH3 is 1. The maximum atomic E-state index is 9.59. The van der Waals surface area contributed by atoms with Gasteiger partial charge in [0.25, 0.3) is 0 Å². The third kappa shape index (κ3) is 4.48. The summed E-state index contributed by atoms with van der Waals surface area (Å²) in [7, 11) is 1.68. The lowest BCUT2D eigenvalue weighted by atomic mass is 10.1. The number of rotatable bonds is 7. The molecule has 5 heteroatoms. The van der Waals surface area contributed by atoms with Crippen LogP contribution in [0.1, 0.15) is 43.8 Å². The molecule has 0 aliphatic carbocycles. The van der Waals surface area contributed by atoms with Crippen molar-refractivity contribution in [3.05, 3.63) is 29.8 Å². The summed E-state index contributed by atoms with van der Waals surface area (Å²) in [6, 6.07) is 8.33. The Labute approximate surface area is 144 Å². The molecule has 0 radical (unpaired) electrons. The van der Waals surface area contributed by atoms with Crippen molar-refractivity contribution in [1.82, 2.24) is 4.90 Å². The smallest absolute Gasteiger partial charge is 0.158 e. The Morgan fingerprint density at radius 3 is 2.71 bits per heavy atom. The molecule has 2 aliphatic rings. The predicted molar refractivity (Wildman–Crippen MR) is 92.1 cm³/mol. The molecule has 24 heavy (non-hydrogen) atoms. The monoisotopic (exact) mass is 335 g/mol. The molecule has 2 saturated heterocycles. The van der Waals surface area contributed by atoms with Crippen molar-refractivity contribution in [2.75, 3.05) is 33.4 Å². The van der Waals surface area contributed by atoms with E-state index in [2.05, 4.69) is 17.0 Å². The molecule has 3 atom stereocenters. The Hall–Kier alpha value is -1.14. The minimum atomic E-state index is -0.124. The summed E-state index contributed by atoms with van der Waals surface area (Å²) in [6.07, 6.45) is 5.25. The van der Waals surface area contributed by atoms with E-state index in [4.69, 9.17) is 14.2 Å². The Morgan fingerprint density at radius 1 is 1.21 bits per heavy atom. The van der Waals surface area contributed by atoms with E-state index in [1.54, 1.807) is 7.11 Å². The Kier molecular flexibility index (Phi) is 6.49. The second-order valence-electron chi connectivity index (χ2n) is 6.67. The predicted octanol–water partition coefficient (Wildman–Crippen LogP) is 2.74. The molecule has 0 amide bonds. The fraction of sp³-hybridized carbons (Fsp3) is 0.684. The zero-order valence-electron chi connectivity index (χ0n) is 14.5. The van der Waals surface area contributed by atoms with Gasteiger partial charge in [0.05, 0.1) is 19.8 Å². The first-order chi connectivity index (χ1) is 11.8. The molecule has 0 aromatic heterocycles. The summed E-state index contributed by atoms with van der Waals surface area (Å²) >= 11 is 0. The van der Waals surface area contributed by atoms with Crippen LogP contribution in [-0.4, -0.2) is 55.8 Å². The molecular weight excluding hydrogens is 306 g/mol. The second kappa shape index (κ2) is 8.81. The van der Waals surface area contributed by atoms with Gasteiger partial charge in [-0.3, -0.25) is 4.90 Å². The fourth-order valence-electron chi connectivity index (χ4n) is 3.60. The lowest BCUT2D eigenvalue weighted by Crippen LogP contribution is -2.37. The standard InChI is InChI=1S/C19H29NO4/c1-22-17-9-7-15(8-10-17)18(24-19-6-2-3-12-23-19)13-20-11-4-5-16(20)14-21/h7-10,16,18-19,21H,2-6,11-14H2,1H3/t16-,18?,19?/m1/s1. The third-order valence-corrected chi connectivity index (χ3v) is 5.05. The highest BCUT2D eigenvalue weighted by molar-refractivity contribution is 5.28. The second-order valence-corrected chi connectivity index (χ2v) is 6.67. The van der Waals surface area contributed by atoms with Crippen LogP contribution in [0.25, 0.3) is 0 Å². The summed E-state index contributed by atoms with van der Waals surface area (Å²) in [5.74, 6) is 0.848. The van der Waals surface area contributed by atoms with Crippen LogP contribution in [0.3, 0.4) is 0 Å². The molecule has 0 bridgehead atoms. The summed E-state index contributed by atoms with van der Waals surface area (Å²) in [4.78, 5) is 2.34. The van der Waals surface area contributed by atoms with Gasteiger partial charge in [-0.2, -0.15) is 0 Å². The van der Waals surface area contributed by atoms with E-state index in [0.717, 1.165) is 63.1 Å². The SMILES string of the molecule is COc1ccc(C(CN2CCC[C@@H]2CO)OC2CCCCO2)cc1. The van der Waals surface area contributed by atoms with Gasteiger partial charge in [-0.05, 0) is 56.3 Å². The normalized spacial score (nSPS) is 26.4. The van der Waals surface area contributed by atoms with Crippen molar-refractivity contribution < 1.29 is 19.3 Å². The number of hydrogen-bond donors (Lipinski definition) is 1. The zero-order chi connectivity index (χ0) is 16.8. The van der Waals surface area contributed by atoms with Gasteiger partial charge in [-0.1, -0.05) is 12.1 Å². The fourth-order valence-corrected chi connectivity index (χ4v) is 3.60. The summed E-state index contributed by atoms with van der Waals surface area (Å²) in [5.41, 5.74) is 1.13. The molecule has 1 aromatic rings. The van der Waals surface area contributed by atoms with Gasteiger partial charge in [0.2, 0.25) is 0 Å². The first-order valence-corrected chi connectivity index (χ1v) is 9.06. The maximum absolute atomic E-state index is 9.59. The number of nitrogens with zero attached hydrogens (tertiary/aromatic N) is 1. The van der Waals surface area contributed by atoms with Crippen LogP contribution in [0, 0.1) is 0 Å². The Morgan fingerprint density at radius 2 is 2.04 bits per heavy atom. The average molecular weight is 335 g/mol. The van der Waals surface area contributed by atoms with Crippen molar-refractivity contribution in [2.45, 2.75) is 50.5 Å². The van der Waals surface area contributed by atoms with Gasteiger partial charge < -0.3 is 19.3 Å². The number of aliphatic hydroxyl groups is 1. The minimum Gasteiger partial charge on any atom is -0.497 e. The van der Waals surface area contributed by atoms with Crippen LogP contribution >= 0.6 is 0 Å². The van der Waals surface area contributed by atoms with E-state index in [0.29, 0.717) is 0 Å². The molecule has 2 unspecified atom stereocenters. The highest BCUT2D eigenvalue weighted by Gasteiger charge is 2.29. The van der Waals surface area contributed by atoms with Gasteiger partial charge >= 0.3 is 0 Å². The van der Waals surface area contributed by atoms with Crippen molar-refractivity contribution >= 4 is 0 Å². The summed E-state index contributed by atoms with van der Waals surface area (Å²) < 4.78 is 17.4. The van der Waals surface area contributed by atoms with E-state index >= 15 is 0 Å². The topological polar surface area (TPSA) is 51.2 Å². The molecule has 0 saturated carbocycles. The van der Waals surface area contributed by atoms with Gasteiger partial charge in [0, 0.05) is 19.2 Å². The van der Waals surface area contributed by atoms with Gasteiger partial charge in [-0.15, -0.1) is 0 Å². The van der Waals surface area contributed by atoms with E-state index < -0.39 is 0 Å². The summed E-state index contributed by atoms with van der Waals surface area (Å²) in [5, 5.41) is 9.59. The van der Waals surface area contributed by atoms with Crippen LogP contribution in [0.5, 0.6) is 5.75 Å². The van der Waals surface area contributed by atoms with Gasteiger partial charge in [-0.25, -0.2) is 0 Å². The van der Waals surface area contributed by atoms with Crippen LogP contribution in [0.15, 0.2) is 24.3 Å². The van der Waals surface area contributed by atoms with Crippen LogP contribution in [0.4, 0.5) is 0 Å². The van der Waals surface area contributed by atoms with Crippen LogP contribution < -0.4 is 4.74 Å². The zero-order valence-corrected chi connectivity index (χ0v) is 14.5. The Bertz CT molecular complexity index is 487. The molecule has 1 N–H and O–H groups in total. The largest absolute Gasteiger partial charge is 0.497 e. The van der Waals surface area contributed by atoms with Gasteiger partial charge in [0.1, 0.15) is 5.75 Å². The lowest BCUT2D eigenvalue weighted by Gasteiger charge is -2.32. The summed E-state index contributed by atoms with van der Waals surface area (Å²) in [6.45, 7) is 2.81. The number of hydrogen-bond acceptors (Lipinski definition) is 5. The molecule has 2 heterocycles. The van der Waals surface area contributed by atoms with E-state index in [1.165, 1.54) is 0 Å². The first-order valence-electron chi connectivity index (χ1n) is 9.06. The van der Waals surface area contributed by atoms with E-state index in [-0.39, 0.29) is 25.0 Å². The van der Waals surface area contributed by atoms with Crippen molar-refractivity contribution in [2.24, 2.45) is 0 Å². The Balaban J connectivity index is 1.71. The molecule has 0 spiro atoms. The number of ether oxygens (including phenoxy) is 3. The first kappa shape index (κ1) is 17.7. The average Bonchev–Trinajstić information content (AvgIpc) is 3.09. The molecular formula is C19H29NO4. The third-order valence-electron chi connectivity index (χ3n) is 5.05. The molecule has 2 aliphatic heterocycles. The van der Waals surface area contributed by atoms with E-state index in [1.807, 2.05) is 12.1 Å². The molecule has 1 aromatic carbocycles. The highest BCUT2D eigenvalue weighted by atomic mass is 16.7. The highest BCUT2D eigenvalue weighted by Crippen LogP contribution is 2.29. The molecule has 3 rings (SSSR count).